The summed E-state index contributed by atoms with van der Waals surface area (Å²) in [6, 6.07) is 11.4. The summed E-state index contributed by atoms with van der Waals surface area (Å²) in [6.07, 6.45) is 1.81. The van der Waals surface area contributed by atoms with Crippen molar-refractivity contribution in [2.24, 2.45) is 0 Å². The number of H-pyrrole nitrogens is 1. The SMILES string of the molecule is O=C(NCCc1ncc(-c2cccs2)[nH]1)C1COc2ccccc2O1. The maximum Gasteiger partial charge on any atom is 0.264 e. The number of para-hydroxylation sites is 2. The van der Waals surface area contributed by atoms with E-state index in [-0.39, 0.29) is 12.5 Å². The number of hydrogen-bond acceptors (Lipinski definition) is 5. The monoisotopic (exact) mass is 355 g/mol. The Morgan fingerprint density at radius 3 is 3.00 bits per heavy atom. The van der Waals surface area contributed by atoms with Gasteiger partial charge in [-0.2, -0.15) is 0 Å². The van der Waals surface area contributed by atoms with Crippen LogP contribution in [0.2, 0.25) is 0 Å². The van der Waals surface area contributed by atoms with Gasteiger partial charge in [0.05, 0.1) is 16.8 Å². The first-order valence-electron chi connectivity index (χ1n) is 8.03. The second-order valence-electron chi connectivity index (χ2n) is 5.63. The van der Waals surface area contributed by atoms with E-state index >= 15 is 0 Å². The summed E-state index contributed by atoms with van der Waals surface area (Å²) in [5, 5.41) is 4.90. The Morgan fingerprint density at radius 1 is 1.28 bits per heavy atom. The number of imidazole rings is 1. The lowest BCUT2D eigenvalue weighted by atomic mass is 10.2. The molecule has 2 aromatic heterocycles. The molecule has 1 aliphatic rings. The van der Waals surface area contributed by atoms with Crippen molar-refractivity contribution in [2.45, 2.75) is 12.5 Å². The van der Waals surface area contributed by atoms with E-state index in [1.54, 1.807) is 17.4 Å². The van der Waals surface area contributed by atoms with E-state index in [1.807, 2.05) is 41.9 Å². The molecule has 25 heavy (non-hydrogen) atoms. The zero-order chi connectivity index (χ0) is 17.1. The van der Waals surface area contributed by atoms with Gasteiger partial charge >= 0.3 is 0 Å². The number of benzene rings is 1. The fourth-order valence-corrected chi connectivity index (χ4v) is 3.30. The highest BCUT2D eigenvalue weighted by molar-refractivity contribution is 7.13. The van der Waals surface area contributed by atoms with E-state index in [0.29, 0.717) is 24.5 Å². The number of ether oxygens (including phenoxy) is 2. The van der Waals surface area contributed by atoms with Crippen LogP contribution in [0.1, 0.15) is 5.82 Å². The molecular weight excluding hydrogens is 338 g/mol. The van der Waals surface area contributed by atoms with Gasteiger partial charge in [-0.25, -0.2) is 4.98 Å². The van der Waals surface area contributed by atoms with Crippen LogP contribution in [0.5, 0.6) is 11.5 Å². The summed E-state index contributed by atoms with van der Waals surface area (Å²) in [5.41, 5.74) is 0.997. The number of fused-ring (bicyclic) bond motifs is 1. The molecule has 4 rings (SSSR count). The molecule has 1 amide bonds. The number of rotatable bonds is 5. The topological polar surface area (TPSA) is 76.2 Å². The second-order valence-corrected chi connectivity index (χ2v) is 6.57. The third-order valence-electron chi connectivity index (χ3n) is 3.88. The quantitative estimate of drug-likeness (QED) is 0.738. The molecule has 0 saturated carbocycles. The third kappa shape index (κ3) is 3.51. The first-order chi connectivity index (χ1) is 12.3. The molecule has 0 radical (unpaired) electrons. The molecule has 1 atom stereocenters. The van der Waals surface area contributed by atoms with Crippen LogP contribution in [0.25, 0.3) is 10.6 Å². The first kappa shape index (κ1) is 15.7. The van der Waals surface area contributed by atoms with Crippen LogP contribution in [-0.4, -0.2) is 35.1 Å². The Balaban J connectivity index is 1.28. The Hall–Kier alpha value is -2.80. The lowest BCUT2D eigenvalue weighted by Crippen LogP contribution is -2.44. The van der Waals surface area contributed by atoms with Crippen molar-refractivity contribution in [3.63, 3.8) is 0 Å². The van der Waals surface area contributed by atoms with Crippen LogP contribution in [0.3, 0.4) is 0 Å². The minimum absolute atomic E-state index is 0.181. The van der Waals surface area contributed by atoms with Crippen LogP contribution < -0.4 is 14.8 Å². The molecule has 0 bridgehead atoms. The van der Waals surface area contributed by atoms with Gasteiger partial charge in [0, 0.05) is 13.0 Å². The molecular formula is C18H17N3O3S. The molecule has 3 heterocycles. The maximum atomic E-state index is 12.2. The van der Waals surface area contributed by atoms with Gasteiger partial charge in [0.1, 0.15) is 12.4 Å². The molecule has 1 unspecified atom stereocenters. The van der Waals surface area contributed by atoms with E-state index in [1.165, 1.54) is 0 Å². The highest BCUT2D eigenvalue weighted by Gasteiger charge is 2.26. The van der Waals surface area contributed by atoms with E-state index in [9.17, 15) is 4.79 Å². The van der Waals surface area contributed by atoms with Crippen LogP contribution in [0, 0.1) is 0 Å². The van der Waals surface area contributed by atoms with Crippen LogP contribution in [0.15, 0.2) is 48.0 Å². The third-order valence-corrected chi connectivity index (χ3v) is 4.78. The molecule has 1 aliphatic heterocycles. The zero-order valence-electron chi connectivity index (χ0n) is 13.4. The van der Waals surface area contributed by atoms with Crippen LogP contribution >= 0.6 is 11.3 Å². The zero-order valence-corrected chi connectivity index (χ0v) is 14.2. The summed E-state index contributed by atoms with van der Waals surface area (Å²) >= 11 is 1.66. The summed E-state index contributed by atoms with van der Waals surface area (Å²) in [5.74, 6) is 1.93. The molecule has 0 spiro atoms. The largest absolute Gasteiger partial charge is 0.485 e. The molecule has 7 heteroatoms. The Bertz CT molecular complexity index is 860. The molecule has 2 N–H and O–H groups in total. The normalized spacial score (nSPS) is 15.8. The minimum atomic E-state index is -0.631. The highest BCUT2D eigenvalue weighted by atomic mass is 32.1. The minimum Gasteiger partial charge on any atom is -0.485 e. The maximum absolute atomic E-state index is 12.2. The average Bonchev–Trinajstić information content (AvgIpc) is 3.32. The number of aromatic nitrogens is 2. The predicted molar refractivity (Wildman–Crippen MR) is 95.0 cm³/mol. The fraction of sp³-hybridized carbons (Fsp3) is 0.222. The van der Waals surface area contributed by atoms with Crippen molar-refractivity contribution in [3.05, 3.63) is 53.8 Å². The molecule has 1 aromatic carbocycles. The van der Waals surface area contributed by atoms with Crippen molar-refractivity contribution < 1.29 is 14.3 Å². The van der Waals surface area contributed by atoms with Crippen molar-refractivity contribution >= 4 is 17.2 Å². The summed E-state index contributed by atoms with van der Waals surface area (Å²) in [6.45, 7) is 0.698. The Morgan fingerprint density at radius 2 is 2.16 bits per heavy atom. The molecule has 0 saturated heterocycles. The van der Waals surface area contributed by atoms with Gasteiger partial charge in [-0.05, 0) is 23.6 Å². The van der Waals surface area contributed by atoms with Crippen molar-refractivity contribution in [1.29, 1.82) is 0 Å². The number of nitrogens with one attached hydrogen (secondary N) is 2. The van der Waals surface area contributed by atoms with Crippen molar-refractivity contribution in [3.8, 4) is 22.1 Å². The van der Waals surface area contributed by atoms with Crippen molar-refractivity contribution in [1.82, 2.24) is 15.3 Å². The summed E-state index contributed by atoms with van der Waals surface area (Å²) in [7, 11) is 0. The molecule has 128 valence electrons. The van der Waals surface area contributed by atoms with Gasteiger partial charge in [0.15, 0.2) is 11.5 Å². The number of nitrogens with zero attached hydrogens (tertiary/aromatic N) is 1. The van der Waals surface area contributed by atoms with Gasteiger partial charge in [-0.1, -0.05) is 18.2 Å². The Kier molecular flexibility index (Phi) is 4.39. The second kappa shape index (κ2) is 6.98. The number of carbonyl (C=O) groups is 1. The van der Waals surface area contributed by atoms with E-state index in [0.717, 1.165) is 16.4 Å². The van der Waals surface area contributed by atoms with Gasteiger partial charge in [-0.3, -0.25) is 4.79 Å². The van der Waals surface area contributed by atoms with Crippen LogP contribution in [-0.2, 0) is 11.2 Å². The first-order valence-corrected chi connectivity index (χ1v) is 8.91. The predicted octanol–water partition coefficient (Wildman–Crippen LogP) is 2.64. The fourth-order valence-electron chi connectivity index (χ4n) is 2.61. The highest BCUT2D eigenvalue weighted by Crippen LogP contribution is 2.30. The number of aromatic amines is 1. The van der Waals surface area contributed by atoms with Crippen molar-refractivity contribution in [2.75, 3.05) is 13.2 Å². The van der Waals surface area contributed by atoms with E-state index in [4.69, 9.17) is 9.47 Å². The average molecular weight is 355 g/mol. The lowest BCUT2D eigenvalue weighted by Gasteiger charge is -2.25. The van der Waals surface area contributed by atoms with Gasteiger partial charge < -0.3 is 19.8 Å². The smallest absolute Gasteiger partial charge is 0.264 e. The van der Waals surface area contributed by atoms with Crippen LogP contribution in [0.4, 0.5) is 0 Å². The summed E-state index contributed by atoms with van der Waals surface area (Å²) in [4.78, 5) is 21.0. The van der Waals surface area contributed by atoms with Gasteiger partial charge in [0.25, 0.3) is 5.91 Å². The van der Waals surface area contributed by atoms with Gasteiger partial charge in [0.2, 0.25) is 6.10 Å². The van der Waals surface area contributed by atoms with E-state index in [2.05, 4.69) is 15.3 Å². The Labute approximate surface area is 148 Å². The molecule has 3 aromatic rings. The summed E-state index contributed by atoms with van der Waals surface area (Å²) < 4.78 is 11.3. The number of amides is 1. The number of carbonyl (C=O) groups excluding carboxylic acids is 1. The lowest BCUT2D eigenvalue weighted by molar-refractivity contribution is -0.130. The number of hydrogen-bond donors (Lipinski definition) is 2. The standard InChI is InChI=1S/C18H17N3O3S/c22-18(15-11-23-13-4-1-2-5-14(13)24-15)19-8-7-17-20-10-12(21-17)16-6-3-9-25-16/h1-6,9-10,15H,7-8,11H2,(H,19,22)(H,20,21). The van der Waals surface area contributed by atoms with E-state index < -0.39 is 6.10 Å². The molecule has 6 nitrogen and oxygen atoms in total. The molecule has 0 fully saturated rings. The molecule has 0 aliphatic carbocycles. The number of thiophene rings is 1. The van der Waals surface area contributed by atoms with Gasteiger partial charge in [-0.15, -0.1) is 11.3 Å².